The smallest absolute Gasteiger partial charge is 0.296 e. The van der Waals surface area contributed by atoms with Crippen LogP contribution in [-0.2, 0) is 16.1 Å². The van der Waals surface area contributed by atoms with Crippen LogP contribution in [-0.4, -0.2) is 21.7 Å². The Labute approximate surface area is 166 Å². The molecule has 1 atom stereocenters. The van der Waals surface area contributed by atoms with Gasteiger partial charge < -0.3 is 14.4 Å². The zero-order chi connectivity index (χ0) is 20.5. The highest BCUT2D eigenvalue weighted by molar-refractivity contribution is 6.46. The third kappa shape index (κ3) is 3.45. The van der Waals surface area contributed by atoms with Gasteiger partial charge in [-0.05, 0) is 48.9 Å². The minimum atomic E-state index is -0.881. The van der Waals surface area contributed by atoms with E-state index in [0.29, 0.717) is 11.5 Å². The number of furan rings is 1. The Hall–Kier alpha value is -3.67. The molecular weight excluding hydrogens is 373 g/mol. The number of aliphatic hydroxyl groups is 1. The van der Waals surface area contributed by atoms with Gasteiger partial charge in [-0.3, -0.25) is 9.59 Å². The average molecular weight is 391 g/mol. The van der Waals surface area contributed by atoms with Crippen molar-refractivity contribution >= 4 is 17.4 Å². The molecule has 146 valence electrons. The summed E-state index contributed by atoms with van der Waals surface area (Å²) < 4.78 is 19.0. The Morgan fingerprint density at radius 2 is 1.72 bits per heavy atom. The standard InChI is InChI=1S/C23H18FNO4/c1-14-7-12-18(29-14)20-19(21(26)16-8-10-17(24)11-9-16)22(27)23(28)25(20)13-15-5-3-2-4-6-15/h2-12,20,26H,13H2,1H3/b21-19+. The molecule has 0 radical (unpaired) electrons. The molecule has 0 aliphatic carbocycles. The van der Waals surface area contributed by atoms with E-state index in [1.807, 2.05) is 30.3 Å². The van der Waals surface area contributed by atoms with Crippen molar-refractivity contribution in [3.63, 3.8) is 0 Å². The summed E-state index contributed by atoms with van der Waals surface area (Å²) in [4.78, 5) is 27.1. The fourth-order valence-electron chi connectivity index (χ4n) is 3.48. The Kier molecular flexibility index (Phi) is 4.76. The zero-order valence-corrected chi connectivity index (χ0v) is 15.6. The monoisotopic (exact) mass is 391 g/mol. The summed E-state index contributed by atoms with van der Waals surface area (Å²) in [5, 5.41) is 10.8. The van der Waals surface area contributed by atoms with E-state index in [-0.39, 0.29) is 23.4 Å². The van der Waals surface area contributed by atoms with Crippen LogP contribution in [0.4, 0.5) is 4.39 Å². The molecule has 6 heteroatoms. The van der Waals surface area contributed by atoms with E-state index < -0.39 is 23.5 Å². The van der Waals surface area contributed by atoms with Crippen LogP contribution in [0.15, 0.2) is 76.7 Å². The highest BCUT2D eigenvalue weighted by Crippen LogP contribution is 2.40. The SMILES string of the molecule is Cc1ccc(C2/C(=C(\O)c3ccc(F)cc3)C(=O)C(=O)N2Cc2ccccc2)o1. The topological polar surface area (TPSA) is 70.8 Å². The van der Waals surface area contributed by atoms with Crippen molar-refractivity contribution < 1.29 is 23.5 Å². The lowest BCUT2D eigenvalue weighted by Gasteiger charge is -2.23. The molecule has 0 bridgehead atoms. The first kappa shape index (κ1) is 18.7. The third-order valence-corrected chi connectivity index (χ3v) is 4.88. The summed E-state index contributed by atoms with van der Waals surface area (Å²) in [5.41, 5.74) is 1.01. The summed E-state index contributed by atoms with van der Waals surface area (Å²) >= 11 is 0. The van der Waals surface area contributed by atoms with E-state index >= 15 is 0 Å². The first-order chi connectivity index (χ1) is 14.0. The maximum absolute atomic E-state index is 13.3. The molecule has 1 amide bonds. The first-order valence-electron chi connectivity index (χ1n) is 9.10. The van der Waals surface area contributed by atoms with Crippen molar-refractivity contribution in [3.8, 4) is 0 Å². The minimum absolute atomic E-state index is 0.0770. The molecule has 1 aromatic heterocycles. The normalized spacial score (nSPS) is 18.4. The van der Waals surface area contributed by atoms with Crippen LogP contribution in [0.1, 0.15) is 28.7 Å². The number of aryl methyl sites for hydroxylation is 1. The number of hydrogen-bond acceptors (Lipinski definition) is 4. The number of Topliss-reactive ketones (excluding diaryl/α,β-unsaturated/α-hetero) is 1. The Morgan fingerprint density at radius 1 is 1.03 bits per heavy atom. The van der Waals surface area contributed by atoms with Gasteiger partial charge in [-0.25, -0.2) is 4.39 Å². The van der Waals surface area contributed by atoms with Crippen LogP contribution in [0.25, 0.3) is 5.76 Å². The van der Waals surface area contributed by atoms with E-state index in [0.717, 1.165) is 5.56 Å². The number of aliphatic hydroxyl groups excluding tert-OH is 1. The van der Waals surface area contributed by atoms with E-state index in [4.69, 9.17) is 4.42 Å². The summed E-state index contributed by atoms with van der Waals surface area (Å²) in [6, 6.07) is 16.9. The Bertz CT molecular complexity index is 1100. The van der Waals surface area contributed by atoms with E-state index in [1.54, 1.807) is 19.1 Å². The summed E-state index contributed by atoms with van der Waals surface area (Å²) in [6.45, 7) is 1.93. The number of ketones is 1. The van der Waals surface area contributed by atoms with Crippen molar-refractivity contribution in [3.05, 3.63) is 101 Å². The number of hydrogen-bond donors (Lipinski definition) is 1. The van der Waals surface area contributed by atoms with Gasteiger partial charge in [0.05, 0.1) is 5.57 Å². The molecule has 1 fully saturated rings. The highest BCUT2D eigenvalue weighted by Gasteiger charge is 2.47. The van der Waals surface area contributed by atoms with Crippen LogP contribution in [0.2, 0.25) is 0 Å². The Balaban J connectivity index is 1.84. The number of likely N-dealkylation sites (tertiary alicyclic amines) is 1. The molecule has 0 spiro atoms. The summed E-state index contributed by atoms with van der Waals surface area (Å²) in [6.07, 6.45) is 0. The van der Waals surface area contributed by atoms with Gasteiger partial charge in [0.25, 0.3) is 11.7 Å². The van der Waals surface area contributed by atoms with Gasteiger partial charge in [-0.1, -0.05) is 30.3 Å². The second-order valence-electron chi connectivity index (χ2n) is 6.87. The van der Waals surface area contributed by atoms with Gasteiger partial charge in [-0.2, -0.15) is 0 Å². The van der Waals surface area contributed by atoms with Crippen molar-refractivity contribution in [2.45, 2.75) is 19.5 Å². The second-order valence-corrected chi connectivity index (χ2v) is 6.87. The molecule has 1 saturated heterocycles. The lowest BCUT2D eigenvalue weighted by molar-refractivity contribution is -0.140. The van der Waals surface area contributed by atoms with E-state index in [1.165, 1.54) is 29.2 Å². The summed E-state index contributed by atoms with van der Waals surface area (Å²) in [7, 11) is 0. The van der Waals surface area contributed by atoms with Gasteiger partial charge in [-0.15, -0.1) is 0 Å². The molecule has 2 heterocycles. The van der Waals surface area contributed by atoms with Crippen molar-refractivity contribution in [1.82, 2.24) is 4.90 Å². The number of benzene rings is 2. The highest BCUT2D eigenvalue weighted by atomic mass is 19.1. The number of rotatable bonds is 4. The average Bonchev–Trinajstić information content (AvgIpc) is 3.25. The van der Waals surface area contributed by atoms with Gasteiger partial charge in [0.1, 0.15) is 29.1 Å². The molecule has 5 nitrogen and oxygen atoms in total. The summed E-state index contributed by atoms with van der Waals surface area (Å²) in [5.74, 6) is -1.37. The molecule has 2 aromatic carbocycles. The molecule has 1 aliphatic rings. The van der Waals surface area contributed by atoms with Crippen molar-refractivity contribution in [1.29, 1.82) is 0 Å². The maximum Gasteiger partial charge on any atom is 0.296 e. The van der Waals surface area contributed by atoms with E-state index in [9.17, 15) is 19.1 Å². The number of amides is 1. The zero-order valence-electron chi connectivity index (χ0n) is 15.6. The minimum Gasteiger partial charge on any atom is -0.507 e. The lowest BCUT2D eigenvalue weighted by Crippen LogP contribution is -2.29. The van der Waals surface area contributed by atoms with Gasteiger partial charge in [0.15, 0.2) is 0 Å². The lowest BCUT2D eigenvalue weighted by atomic mass is 9.99. The molecule has 1 aliphatic heterocycles. The van der Waals surface area contributed by atoms with E-state index in [2.05, 4.69) is 0 Å². The number of nitrogens with zero attached hydrogens (tertiary/aromatic N) is 1. The van der Waals surface area contributed by atoms with Crippen LogP contribution in [0, 0.1) is 12.7 Å². The molecule has 1 unspecified atom stereocenters. The quantitative estimate of drug-likeness (QED) is 0.408. The fourth-order valence-corrected chi connectivity index (χ4v) is 3.48. The maximum atomic E-state index is 13.3. The molecule has 3 aromatic rings. The van der Waals surface area contributed by atoms with Crippen LogP contribution in [0.5, 0.6) is 0 Å². The number of carbonyl (C=O) groups is 2. The molecule has 1 N–H and O–H groups in total. The third-order valence-electron chi connectivity index (χ3n) is 4.88. The van der Waals surface area contributed by atoms with Crippen molar-refractivity contribution in [2.75, 3.05) is 0 Å². The van der Waals surface area contributed by atoms with Crippen LogP contribution in [0.3, 0.4) is 0 Å². The molecule has 0 saturated carbocycles. The number of carbonyl (C=O) groups excluding carboxylic acids is 2. The van der Waals surface area contributed by atoms with Crippen molar-refractivity contribution in [2.24, 2.45) is 0 Å². The second kappa shape index (κ2) is 7.39. The number of halogens is 1. The fraction of sp³-hybridized carbons (Fsp3) is 0.130. The van der Waals surface area contributed by atoms with Crippen LogP contribution < -0.4 is 0 Å². The van der Waals surface area contributed by atoms with Gasteiger partial charge in [0.2, 0.25) is 0 Å². The molecule has 4 rings (SSSR count). The predicted octanol–water partition coefficient (Wildman–Crippen LogP) is 4.35. The predicted molar refractivity (Wildman–Crippen MR) is 104 cm³/mol. The first-order valence-corrected chi connectivity index (χ1v) is 9.10. The van der Waals surface area contributed by atoms with Gasteiger partial charge >= 0.3 is 0 Å². The van der Waals surface area contributed by atoms with Gasteiger partial charge in [0, 0.05) is 12.1 Å². The molecular formula is C23H18FNO4. The Morgan fingerprint density at radius 3 is 2.34 bits per heavy atom. The molecule has 29 heavy (non-hydrogen) atoms. The van der Waals surface area contributed by atoms with Crippen LogP contribution >= 0.6 is 0 Å². The largest absolute Gasteiger partial charge is 0.507 e.